The second-order valence-electron chi connectivity index (χ2n) is 14.1. The molecule has 4 aromatic rings. The number of pyridine rings is 1. The van der Waals surface area contributed by atoms with Gasteiger partial charge in [0.1, 0.15) is 17.6 Å². The first-order valence-electron chi connectivity index (χ1n) is 18.3. The van der Waals surface area contributed by atoms with Crippen LogP contribution < -0.4 is 24.8 Å². The van der Waals surface area contributed by atoms with E-state index in [0.717, 1.165) is 101 Å². The molecule has 2 heterocycles. The van der Waals surface area contributed by atoms with E-state index in [0.29, 0.717) is 54.3 Å². The average Bonchev–Trinajstić information content (AvgIpc) is 3.89. The summed E-state index contributed by atoms with van der Waals surface area (Å²) in [5, 5.41) is 7.26. The largest absolute Gasteiger partial charge is 0.496 e. The highest BCUT2D eigenvalue weighted by atomic mass is 79.9. The van der Waals surface area contributed by atoms with Gasteiger partial charge < -0.3 is 24.8 Å². The number of rotatable bonds is 14. The van der Waals surface area contributed by atoms with Crippen LogP contribution in [0, 0.1) is 5.92 Å². The Balaban J connectivity index is 1.06. The first-order valence-corrected chi connectivity index (χ1v) is 19.5. The van der Waals surface area contributed by atoms with E-state index in [4.69, 9.17) is 30.8 Å². The molecule has 2 N–H and O–H groups in total. The number of halogens is 2. The molecule has 2 fully saturated rings. The zero-order valence-corrected chi connectivity index (χ0v) is 32.1. The van der Waals surface area contributed by atoms with Crippen molar-refractivity contribution >= 4 is 39.2 Å². The van der Waals surface area contributed by atoms with Gasteiger partial charge in [-0.05, 0) is 108 Å². The molecule has 2 aliphatic carbocycles. The molecule has 1 aliphatic heterocycles. The Hall–Kier alpha value is -3.92. The number of ether oxygens (including phenoxy) is 3. The van der Waals surface area contributed by atoms with Gasteiger partial charge in [0.15, 0.2) is 0 Å². The second-order valence-corrected chi connectivity index (χ2v) is 15.4. The van der Waals surface area contributed by atoms with Gasteiger partial charge in [-0.3, -0.25) is 9.59 Å². The highest BCUT2D eigenvalue weighted by Gasteiger charge is 2.29. The zero-order valence-electron chi connectivity index (χ0n) is 29.7. The summed E-state index contributed by atoms with van der Waals surface area (Å²) in [5.74, 6) is 2.81. The van der Waals surface area contributed by atoms with Gasteiger partial charge in [-0.1, -0.05) is 60.1 Å². The number of ketones is 1. The van der Waals surface area contributed by atoms with Crippen LogP contribution in [0.4, 0.5) is 0 Å². The molecule has 1 saturated carbocycles. The Morgan fingerprint density at radius 1 is 0.904 bits per heavy atom. The molecule has 8 nitrogen and oxygen atoms in total. The van der Waals surface area contributed by atoms with Crippen LogP contribution in [0.2, 0.25) is 5.02 Å². The number of benzene rings is 3. The van der Waals surface area contributed by atoms with Crippen LogP contribution in [0.25, 0.3) is 22.3 Å². The molecule has 272 valence electrons. The smallest absolute Gasteiger partial charge is 0.231 e. The molecule has 3 aromatic carbocycles. The molecular formula is C42H45BrClN3O5. The number of carbonyl (C=O) groups excluding carboxylic acids is 2. The molecule has 0 bridgehead atoms. The third-order valence-electron chi connectivity index (χ3n) is 10.7. The van der Waals surface area contributed by atoms with E-state index >= 15 is 0 Å². The molecular weight excluding hydrogens is 742 g/mol. The van der Waals surface area contributed by atoms with Gasteiger partial charge >= 0.3 is 0 Å². The van der Waals surface area contributed by atoms with Crippen molar-refractivity contribution in [1.29, 1.82) is 0 Å². The van der Waals surface area contributed by atoms with Crippen molar-refractivity contribution in [3.63, 3.8) is 0 Å². The van der Waals surface area contributed by atoms with E-state index < -0.39 is 0 Å². The van der Waals surface area contributed by atoms with Gasteiger partial charge in [-0.25, -0.2) is 0 Å². The molecule has 1 saturated heterocycles. The van der Waals surface area contributed by atoms with Crippen molar-refractivity contribution in [3.8, 4) is 39.8 Å². The van der Waals surface area contributed by atoms with Gasteiger partial charge in [0.25, 0.3) is 0 Å². The number of fused-ring (bicyclic) bond motifs is 1. The number of hydrogen-bond acceptors (Lipinski definition) is 7. The predicted molar refractivity (Wildman–Crippen MR) is 207 cm³/mol. The van der Waals surface area contributed by atoms with Gasteiger partial charge in [0, 0.05) is 54.1 Å². The molecule has 7 rings (SSSR count). The quantitative estimate of drug-likeness (QED) is 0.132. The lowest BCUT2D eigenvalue weighted by molar-refractivity contribution is -0.119. The van der Waals surface area contributed by atoms with E-state index in [1.807, 2.05) is 6.07 Å². The van der Waals surface area contributed by atoms with Crippen LogP contribution in [0.15, 0.2) is 65.1 Å². The summed E-state index contributed by atoms with van der Waals surface area (Å²) in [6, 6.07) is 21.1. The lowest BCUT2D eigenvalue weighted by atomic mass is 9.93. The maximum atomic E-state index is 11.7. The number of carbonyl (C=O) groups is 2. The number of aryl methyl sites for hydroxylation is 1. The van der Waals surface area contributed by atoms with Crippen LogP contribution in [0.3, 0.4) is 0 Å². The number of nitrogens with one attached hydrogen (secondary N) is 2. The molecule has 3 atom stereocenters. The van der Waals surface area contributed by atoms with E-state index in [9.17, 15) is 9.59 Å². The third-order valence-corrected chi connectivity index (χ3v) is 11.7. The van der Waals surface area contributed by atoms with Crippen molar-refractivity contribution in [3.05, 3.63) is 92.4 Å². The number of nitrogens with zero attached hydrogens (tertiary/aromatic N) is 1. The van der Waals surface area contributed by atoms with Crippen LogP contribution in [-0.4, -0.2) is 43.5 Å². The first kappa shape index (κ1) is 36.4. The topological polar surface area (TPSA) is 98.8 Å². The summed E-state index contributed by atoms with van der Waals surface area (Å²) in [6.45, 7) is 1.50. The summed E-state index contributed by atoms with van der Waals surface area (Å²) in [4.78, 5) is 28.0. The van der Waals surface area contributed by atoms with Crippen LogP contribution >= 0.6 is 27.5 Å². The second kappa shape index (κ2) is 16.4. The monoisotopic (exact) mass is 785 g/mol. The predicted octanol–water partition coefficient (Wildman–Crippen LogP) is 8.98. The summed E-state index contributed by atoms with van der Waals surface area (Å²) in [5.41, 5.74) is 8.46. The fourth-order valence-electron chi connectivity index (χ4n) is 7.99. The minimum atomic E-state index is -0.165. The Morgan fingerprint density at radius 3 is 2.50 bits per heavy atom. The minimum absolute atomic E-state index is 0.146. The van der Waals surface area contributed by atoms with Gasteiger partial charge in [0.05, 0.1) is 23.7 Å². The fraction of sp³-hybridized carbons (Fsp3) is 0.405. The van der Waals surface area contributed by atoms with Gasteiger partial charge in [-0.2, -0.15) is 4.98 Å². The highest BCUT2D eigenvalue weighted by Crippen LogP contribution is 2.45. The van der Waals surface area contributed by atoms with Crippen LogP contribution in [0.5, 0.6) is 17.5 Å². The molecule has 0 spiro atoms. The van der Waals surface area contributed by atoms with Gasteiger partial charge in [0.2, 0.25) is 17.7 Å². The maximum Gasteiger partial charge on any atom is 0.231 e. The Bertz CT molecular complexity index is 1970. The standard InChI is InChI=1S/C42H45BrClN3O5/c1-50-38-22-26(13-14-28(38)24-45-23-25-12-16-30(48)20-25)31-8-4-11-35(40(31)44)32-9-5-10-34-33(32)17-18-37(34)52-42-36(43)21-27(41(47-42)51-2)6-3-7-29-15-19-39(49)46-29/h4-5,8-11,13-14,21-22,25,29,37,45H,3,6-7,12,15-20,23-24H2,1-2H3,(H,46,49)/t25-,29-,37+/m1/s1. The zero-order chi connectivity index (χ0) is 36.2. The lowest BCUT2D eigenvalue weighted by Gasteiger charge is -2.19. The lowest BCUT2D eigenvalue weighted by Crippen LogP contribution is -2.25. The molecule has 0 radical (unpaired) electrons. The number of hydrogen-bond donors (Lipinski definition) is 2. The highest BCUT2D eigenvalue weighted by molar-refractivity contribution is 9.10. The normalized spacial score (nSPS) is 19.5. The Labute approximate surface area is 319 Å². The van der Waals surface area contributed by atoms with Crippen molar-refractivity contribution in [1.82, 2.24) is 15.6 Å². The molecule has 3 aliphatic rings. The molecule has 1 amide bonds. The van der Waals surface area contributed by atoms with Crippen molar-refractivity contribution in [2.75, 3.05) is 20.8 Å². The fourth-order valence-corrected chi connectivity index (χ4v) is 8.78. The van der Waals surface area contributed by atoms with E-state index in [2.05, 4.69) is 81.2 Å². The van der Waals surface area contributed by atoms with E-state index in [-0.39, 0.29) is 18.1 Å². The third kappa shape index (κ3) is 8.02. The summed E-state index contributed by atoms with van der Waals surface area (Å²) < 4.78 is 18.9. The van der Waals surface area contributed by atoms with E-state index in [1.165, 1.54) is 5.56 Å². The molecule has 52 heavy (non-hydrogen) atoms. The van der Waals surface area contributed by atoms with E-state index in [1.54, 1.807) is 14.2 Å². The van der Waals surface area contributed by atoms with Gasteiger partial charge in [-0.15, -0.1) is 0 Å². The minimum Gasteiger partial charge on any atom is -0.496 e. The number of aromatic nitrogens is 1. The Kier molecular flexibility index (Phi) is 11.5. The summed E-state index contributed by atoms with van der Waals surface area (Å²) in [7, 11) is 3.33. The summed E-state index contributed by atoms with van der Waals surface area (Å²) in [6.07, 6.45) is 8.05. The SMILES string of the molecule is COc1cc(-c2cccc(-c3cccc4c3CC[C@@H]4Oc3nc(OC)c(CCC[C@@H]4CCC(=O)N4)cc3Br)c2Cl)ccc1CNC[C@@H]1CCC(=O)C1. The van der Waals surface area contributed by atoms with Crippen molar-refractivity contribution in [2.45, 2.75) is 82.9 Å². The number of amides is 1. The maximum absolute atomic E-state index is 11.7. The first-order chi connectivity index (χ1) is 25.3. The molecule has 1 aromatic heterocycles. The summed E-state index contributed by atoms with van der Waals surface area (Å²) >= 11 is 11.0. The Morgan fingerprint density at radius 2 is 1.73 bits per heavy atom. The van der Waals surface area contributed by atoms with Crippen LogP contribution in [0.1, 0.15) is 79.7 Å². The average molecular weight is 787 g/mol. The van der Waals surface area contributed by atoms with Crippen LogP contribution in [-0.2, 0) is 29.0 Å². The molecule has 10 heteroatoms. The van der Waals surface area contributed by atoms with Crippen molar-refractivity contribution < 1.29 is 23.8 Å². The van der Waals surface area contributed by atoms with Crippen molar-refractivity contribution in [2.24, 2.45) is 5.92 Å². The number of methoxy groups -OCH3 is 2. The number of Topliss-reactive ketones (excluding diaryl/α,β-unsaturated/α-hetero) is 1. The molecule has 0 unspecified atom stereocenters.